The first kappa shape index (κ1) is 18.5. The average molecular weight is 336 g/mol. The van der Waals surface area contributed by atoms with Gasteiger partial charge in [-0.05, 0) is 18.1 Å². The highest BCUT2D eigenvalue weighted by Crippen LogP contribution is 2.02. The molecular weight excluding hydrogens is 308 g/mol. The van der Waals surface area contributed by atoms with Crippen molar-refractivity contribution in [2.24, 2.45) is 5.92 Å². The lowest BCUT2D eigenvalue weighted by molar-refractivity contribution is -0.122. The van der Waals surface area contributed by atoms with Crippen LogP contribution in [0.25, 0.3) is 0 Å². The van der Waals surface area contributed by atoms with E-state index in [1.165, 1.54) is 6.26 Å². The summed E-state index contributed by atoms with van der Waals surface area (Å²) < 4.78 is 5.05. The third kappa shape index (κ3) is 6.33. The molecule has 0 saturated carbocycles. The predicted octanol–water partition coefficient (Wildman–Crippen LogP) is 0.399. The number of hydrogen-bond acceptors (Lipinski definition) is 5. The van der Waals surface area contributed by atoms with E-state index >= 15 is 0 Å². The summed E-state index contributed by atoms with van der Waals surface area (Å²) in [6.07, 6.45) is 1.49. The van der Waals surface area contributed by atoms with Crippen LogP contribution < -0.4 is 10.6 Å². The van der Waals surface area contributed by atoms with Gasteiger partial charge in [-0.25, -0.2) is 0 Å². The van der Waals surface area contributed by atoms with E-state index in [1.807, 2.05) is 0 Å². The van der Waals surface area contributed by atoms with Gasteiger partial charge in [0.05, 0.1) is 12.8 Å². The van der Waals surface area contributed by atoms with Crippen molar-refractivity contribution in [3.8, 4) is 0 Å². The molecule has 134 valence electrons. The lowest BCUT2D eigenvalue weighted by atomic mass is 10.2. The molecular formula is C17H28N4O3. The van der Waals surface area contributed by atoms with E-state index in [2.05, 4.69) is 34.3 Å². The minimum absolute atomic E-state index is 0.0999. The number of furan rings is 1. The van der Waals surface area contributed by atoms with E-state index in [0.29, 0.717) is 24.8 Å². The van der Waals surface area contributed by atoms with Gasteiger partial charge in [-0.3, -0.25) is 19.4 Å². The summed E-state index contributed by atoms with van der Waals surface area (Å²) in [6.45, 7) is 10.3. The van der Waals surface area contributed by atoms with E-state index in [-0.39, 0.29) is 11.8 Å². The van der Waals surface area contributed by atoms with Crippen LogP contribution in [-0.4, -0.2) is 74.0 Å². The second-order valence-corrected chi connectivity index (χ2v) is 6.55. The van der Waals surface area contributed by atoms with Gasteiger partial charge in [0.15, 0.2) is 5.76 Å². The van der Waals surface area contributed by atoms with Gasteiger partial charge < -0.3 is 15.1 Å². The van der Waals surface area contributed by atoms with Gasteiger partial charge >= 0.3 is 0 Å². The summed E-state index contributed by atoms with van der Waals surface area (Å²) in [6, 6.07) is 3.35. The Balaban J connectivity index is 1.57. The lowest BCUT2D eigenvalue weighted by Crippen LogP contribution is -2.51. The molecule has 1 aromatic heterocycles. The van der Waals surface area contributed by atoms with Crippen molar-refractivity contribution in [2.45, 2.75) is 13.8 Å². The highest BCUT2D eigenvalue weighted by Gasteiger charge is 2.19. The van der Waals surface area contributed by atoms with Crippen LogP contribution in [0.4, 0.5) is 0 Å². The van der Waals surface area contributed by atoms with Gasteiger partial charge in [0.1, 0.15) is 0 Å². The van der Waals surface area contributed by atoms with E-state index in [1.54, 1.807) is 12.1 Å². The summed E-state index contributed by atoms with van der Waals surface area (Å²) in [5.41, 5.74) is 0. The molecule has 0 aliphatic carbocycles. The van der Waals surface area contributed by atoms with Crippen LogP contribution in [-0.2, 0) is 4.79 Å². The van der Waals surface area contributed by atoms with Crippen LogP contribution in [0.5, 0.6) is 0 Å². The Hall–Kier alpha value is -1.86. The number of nitrogens with one attached hydrogen (secondary N) is 2. The van der Waals surface area contributed by atoms with Gasteiger partial charge in [0, 0.05) is 45.8 Å². The molecule has 1 aliphatic heterocycles. The molecule has 0 bridgehead atoms. The lowest BCUT2D eigenvalue weighted by Gasteiger charge is -2.34. The maximum atomic E-state index is 11.8. The quantitative estimate of drug-likeness (QED) is 0.718. The third-order valence-electron chi connectivity index (χ3n) is 4.00. The average Bonchev–Trinajstić information content (AvgIpc) is 3.09. The van der Waals surface area contributed by atoms with Gasteiger partial charge in [-0.2, -0.15) is 0 Å². The Kier molecular flexibility index (Phi) is 7.27. The molecule has 0 unspecified atom stereocenters. The summed E-state index contributed by atoms with van der Waals surface area (Å²) >= 11 is 0. The first-order valence-electron chi connectivity index (χ1n) is 8.57. The van der Waals surface area contributed by atoms with Gasteiger partial charge in [0.2, 0.25) is 5.91 Å². The molecule has 24 heavy (non-hydrogen) atoms. The topological polar surface area (TPSA) is 77.8 Å². The number of carbonyl (C=O) groups excluding carboxylic acids is 2. The predicted molar refractivity (Wildman–Crippen MR) is 91.8 cm³/mol. The molecule has 7 nitrogen and oxygen atoms in total. The molecule has 0 aromatic carbocycles. The maximum absolute atomic E-state index is 11.8. The highest BCUT2D eigenvalue weighted by molar-refractivity contribution is 5.91. The Morgan fingerprint density at radius 2 is 1.88 bits per heavy atom. The van der Waals surface area contributed by atoms with Gasteiger partial charge in [-0.1, -0.05) is 13.8 Å². The minimum atomic E-state index is -0.180. The van der Waals surface area contributed by atoms with Crippen molar-refractivity contribution in [1.82, 2.24) is 20.4 Å². The van der Waals surface area contributed by atoms with Gasteiger partial charge in [-0.15, -0.1) is 0 Å². The monoisotopic (exact) mass is 336 g/mol. The normalized spacial score (nSPS) is 16.3. The molecule has 0 radical (unpaired) electrons. The number of amides is 2. The second-order valence-electron chi connectivity index (χ2n) is 6.55. The fraction of sp³-hybridized carbons (Fsp3) is 0.647. The fourth-order valence-electron chi connectivity index (χ4n) is 2.57. The molecule has 2 heterocycles. The van der Waals surface area contributed by atoms with Crippen molar-refractivity contribution in [3.05, 3.63) is 24.2 Å². The molecule has 2 N–H and O–H groups in total. The van der Waals surface area contributed by atoms with Crippen molar-refractivity contribution >= 4 is 11.8 Å². The molecule has 0 spiro atoms. The van der Waals surface area contributed by atoms with Crippen LogP contribution in [0.3, 0.4) is 0 Å². The molecule has 7 heteroatoms. The second kappa shape index (κ2) is 9.44. The Morgan fingerprint density at radius 3 is 2.50 bits per heavy atom. The molecule has 2 rings (SSSR count). The minimum Gasteiger partial charge on any atom is -0.459 e. The van der Waals surface area contributed by atoms with Crippen LogP contribution in [0.15, 0.2) is 22.8 Å². The Morgan fingerprint density at radius 1 is 1.17 bits per heavy atom. The zero-order valence-corrected chi connectivity index (χ0v) is 14.6. The summed E-state index contributed by atoms with van der Waals surface area (Å²) in [5.74, 6) is 0.734. The summed E-state index contributed by atoms with van der Waals surface area (Å²) in [5, 5.41) is 5.80. The molecule has 2 amide bonds. The van der Waals surface area contributed by atoms with Crippen molar-refractivity contribution in [2.75, 3.05) is 52.4 Å². The molecule has 1 saturated heterocycles. The van der Waals surface area contributed by atoms with E-state index in [4.69, 9.17) is 4.42 Å². The molecule has 1 aliphatic rings. The number of nitrogens with zero attached hydrogens (tertiary/aromatic N) is 2. The zero-order valence-electron chi connectivity index (χ0n) is 14.6. The standard InChI is InChI=1S/C17H28N4O3/c1-14(2)12-19-16(22)13-21-9-7-20(8-10-21)6-5-18-17(23)15-4-3-11-24-15/h3-4,11,14H,5-10,12-13H2,1-2H3,(H,18,23)(H,19,22). The maximum Gasteiger partial charge on any atom is 0.287 e. The number of carbonyl (C=O) groups is 2. The SMILES string of the molecule is CC(C)CNC(=O)CN1CCN(CCNC(=O)c2ccco2)CC1. The van der Waals surface area contributed by atoms with Crippen molar-refractivity contribution in [3.63, 3.8) is 0 Å². The van der Waals surface area contributed by atoms with E-state index < -0.39 is 0 Å². The Bertz CT molecular complexity index is 508. The Labute approximate surface area is 143 Å². The van der Waals surface area contributed by atoms with Crippen LogP contribution in [0, 0.1) is 5.92 Å². The zero-order chi connectivity index (χ0) is 17.4. The van der Waals surface area contributed by atoms with E-state index in [0.717, 1.165) is 39.3 Å². The third-order valence-corrected chi connectivity index (χ3v) is 4.00. The van der Waals surface area contributed by atoms with Gasteiger partial charge in [0.25, 0.3) is 5.91 Å². The highest BCUT2D eigenvalue weighted by atomic mass is 16.3. The summed E-state index contributed by atoms with van der Waals surface area (Å²) in [4.78, 5) is 28.1. The number of piperazine rings is 1. The first-order valence-corrected chi connectivity index (χ1v) is 8.57. The van der Waals surface area contributed by atoms with E-state index in [9.17, 15) is 9.59 Å². The molecule has 1 aromatic rings. The molecule has 1 fully saturated rings. The van der Waals surface area contributed by atoms with Crippen LogP contribution in [0.2, 0.25) is 0 Å². The van der Waals surface area contributed by atoms with Crippen molar-refractivity contribution in [1.29, 1.82) is 0 Å². The van der Waals surface area contributed by atoms with Crippen LogP contribution in [0.1, 0.15) is 24.4 Å². The fourth-order valence-corrected chi connectivity index (χ4v) is 2.57. The van der Waals surface area contributed by atoms with Crippen LogP contribution >= 0.6 is 0 Å². The first-order chi connectivity index (χ1) is 11.5. The molecule has 0 atom stereocenters. The number of rotatable bonds is 8. The smallest absolute Gasteiger partial charge is 0.287 e. The van der Waals surface area contributed by atoms with Crippen molar-refractivity contribution < 1.29 is 14.0 Å². The summed E-state index contributed by atoms with van der Waals surface area (Å²) in [7, 11) is 0. The largest absolute Gasteiger partial charge is 0.459 e. The number of hydrogen-bond donors (Lipinski definition) is 2.